The monoisotopic (exact) mass is 167 g/mol. The highest BCUT2D eigenvalue weighted by Gasteiger charge is 2.23. The zero-order chi connectivity index (χ0) is 8.20. The van der Waals surface area contributed by atoms with E-state index in [0.29, 0.717) is 13.0 Å². The summed E-state index contributed by atoms with van der Waals surface area (Å²) in [6, 6.07) is 0. The van der Waals surface area contributed by atoms with Crippen LogP contribution >= 0.6 is 7.37 Å². The van der Waals surface area contributed by atoms with Gasteiger partial charge < -0.3 is 15.7 Å². The van der Waals surface area contributed by atoms with Gasteiger partial charge in [0.05, 0.1) is 0 Å². The smallest absolute Gasteiger partial charge is 0.227 e. The van der Waals surface area contributed by atoms with Crippen molar-refractivity contribution in [1.82, 2.24) is 0 Å². The van der Waals surface area contributed by atoms with Gasteiger partial charge in [-0.3, -0.25) is 4.57 Å². The molecule has 10 heavy (non-hydrogen) atoms. The second-order valence-corrected chi connectivity index (χ2v) is 4.96. The predicted molar refractivity (Wildman–Crippen MR) is 40.0 cm³/mol. The first-order valence-corrected chi connectivity index (χ1v) is 5.11. The number of hydrogen-bond acceptors (Lipinski definition) is 3. The van der Waals surface area contributed by atoms with Crippen LogP contribution in [0.1, 0.15) is 13.3 Å². The Morgan fingerprint density at radius 3 is 2.50 bits per heavy atom. The summed E-state index contributed by atoms with van der Waals surface area (Å²) in [5.41, 5.74) is 5.12. The summed E-state index contributed by atoms with van der Waals surface area (Å²) in [7, 11) is -3.31. The largest absolute Gasteiger partial charge is 0.383 e. The highest BCUT2D eigenvalue weighted by molar-refractivity contribution is 7.58. The molecule has 0 aliphatic carbocycles. The highest BCUT2D eigenvalue weighted by atomic mass is 31.2. The van der Waals surface area contributed by atoms with Crippen LogP contribution < -0.4 is 5.73 Å². The molecule has 0 fully saturated rings. The van der Waals surface area contributed by atoms with E-state index in [1.54, 1.807) is 0 Å². The van der Waals surface area contributed by atoms with E-state index in [4.69, 9.17) is 15.7 Å². The third kappa shape index (κ3) is 3.32. The molecule has 5 heteroatoms. The van der Waals surface area contributed by atoms with Gasteiger partial charge >= 0.3 is 0 Å². The van der Waals surface area contributed by atoms with E-state index in [1.165, 1.54) is 6.92 Å². The zero-order valence-corrected chi connectivity index (χ0v) is 6.92. The highest BCUT2D eigenvalue weighted by Crippen LogP contribution is 2.44. The maximum absolute atomic E-state index is 10.9. The molecule has 0 aliphatic heterocycles. The minimum absolute atomic E-state index is 0.112. The first kappa shape index (κ1) is 10.1. The van der Waals surface area contributed by atoms with E-state index < -0.39 is 13.2 Å². The number of nitrogens with two attached hydrogens (primary N) is 1. The summed E-state index contributed by atoms with van der Waals surface area (Å²) in [5, 5.41) is 8.75. The van der Waals surface area contributed by atoms with Gasteiger partial charge in [0.1, 0.15) is 5.85 Å². The molecule has 0 rings (SSSR count). The van der Waals surface area contributed by atoms with Crippen LogP contribution in [-0.2, 0) is 4.57 Å². The molecule has 0 radical (unpaired) electrons. The molecule has 2 atom stereocenters. The van der Waals surface area contributed by atoms with Gasteiger partial charge in [-0.15, -0.1) is 0 Å². The van der Waals surface area contributed by atoms with Crippen LogP contribution in [0.15, 0.2) is 0 Å². The Morgan fingerprint density at radius 2 is 2.20 bits per heavy atom. The van der Waals surface area contributed by atoms with E-state index in [2.05, 4.69) is 0 Å². The van der Waals surface area contributed by atoms with E-state index in [1.807, 2.05) is 0 Å². The van der Waals surface area contributed by atoms with Gasteiger partial charge in [0.15, 0.2) is 0 Å². The van der Waals surface area contributed by atoms with Crippen molar-refractivity contribution in [3.8, 4) is 0 Å². The van der Waals surface area contributed by atoms with Crippen molar-refractivity contribution in [3.63, 3.8) is 0 Å². The van der Waals surface area contributed by atoms with E-state index in [-0.39, 0.29) is 6.16 Å². The first-order chi connectivity index (χ1) is 4.50. The van der Waals surface area contributed by atoms with Crippen molar-refractivity contribution in [2.45, 2.75) is 19.2 Å². The third-order valence-electron chi connectivity index (χ3n) is 1.27. The Hall–Kier alpha value is 0.110. The molecule has 0 saturated carbocycles. The van der Waals surface area contributed by atoms with Crippen LogP contribution in [0.2, 0.25) is 0 Å². The SMILES string of the molecule is CC(O)P(=O)(O)CCCN. The Kier molecular flexibility index (Phi) is 4.13. The fourth-order valence-corrected chi connectivity index (χ4v) is 1.51. The van der Waals surface area contributed by atoms with Gasteiger partial charge in [-0.1, -0.05) is 0 Å². The average Bonchev–Trinajstić information content (AvgIpc) is 1.84. The molecule has 0 aromatic heterocycles. The normalized spacial score (nSPS) is 20.0. The van der Waals surface area contributed by atoms with E-state index >= 15 is 0 Å². The molecule has 2 unspecified atom stereocenters. The van der Waals surface area contributed by atoms with Crippen LogP contribution in [-0.4, -0.2) is 28.6 Å². The second-order valence-electron chi connectivity index (χ2n) is 2.25. The molecule has 0 aliphatic rings. The van der Waals surface area contributed by atoms with Crippen molar-refractivity contribution in [2.75, 3.05) is 12.7 Å². The molecule has 0 aromatic rings. The first-order valence-electron chi connectivity index (χ1n) is 3.20. The Labute approximate surface area is 60.5 Å². The van der Waals surface area contributed by atoms with Crippen LogP contribution in [0.3, 0.4) is 0 Å². The van der Waals surface area contributed by atoms with Crippen molar-refractivity contribution in [1.29, 1.82) is 0 Å². The van der Waals surface area contributed by atoms with E-state index in [9.17, 15) is 4.57 Å². The second kappa shape index (κ2) is 4.09. The lowest BCUT2D eigenvalue weighted by molar-refractivity contribution is 0.248. The minimum Gasteiger partial charge on any atom is -0.383 e. The number of hydrogen-bond donors (Lipinski definition) is 3. The van der Waals surface area contributed by atoms with Crippen molar-refractivity contribution < 1.29 is 14.6 Å². The van der Waals surface area contributed by atoms with Crippen LogP contribution in [0, 0.1) is 0 Å². The lowest BCUT2D eigenvalue weighted by Gasteiger charge is -2.12. The summed E-state index contributed by atoms with van der Waals surface area (Å²) in [6.45, 7) is 1.70. The molecule has 62 valence electrons. The Morgan fingerprint density at radius 1 is 1.70 bits per heavy atom. The number of aliphatic hydroxyl groups excluding tert-OH is 1. The topological polar surface area (TPSA) is 83.5 Å². The quantitative estimate of drug-likeness (QED) is 0.512. The molecule has 0 saturated heterocycles. The summed E-state index contributed by atoms with van der Waals surface area (Å²) in [4.78, 5) is 8.97. The van der Waals surface area contributed by atoms with Crippen LogP contribution in [0.5, 0.6) is 0 Å². The van der Waals surface area contributed by atoms with Gasteiger partial charge in [0, 0.05) is 6.16 Å². The molecule has 0 heterocycles. The van der Waals surface area contributed by atoms with Gasteiger partial charge in [-0.05, 0) is 19.9 Å². The molecule has 0 spiro atoms. The molecule has 0 bridgehead atoms. The maximum atomic E-state index is 10.9. The standard InChI is InChI=1S/C5H14NO3P/c1-5(7)10(8,9)4-2-3-6/h5,7H,2-4,6H2,1H3,(H,8,9). The fourth-order valence-electron chi connectivity index (χ4n) is 0.505. The maximum Gasteiger partial charge on any atom is 0.227 e. The average molecular weight is 167 g/mol. The van der Waals surface area contributed by atoms with Crippen molar-refractivity contribution in [2.24, 2.45) is 5.73 Å². The fraction of sp³-hybridized carbons (Fsp3) is 1.00. The molecule has 0 amide bonds. The number of aliphatic hydroxyl groups is 1. The Balaban J connectivity index is 3.76. The van der Waals surface area contributed by atoms with Crippen LogP contribution in [0.4, 0.5) is 0 Å². The van der Waals surface area contributed by atoms with Gasteiger partial charge in [-0.25, -0.2) is 0 Å². The lowest BCUT2D eigenvalue weighted by atomic mass is 10.5. The third-order valence-corrected chi connectivity index (χ3v) is 3.39. The minimum atomic E-state index is -3.31. The molecular formula is C5H14NO3P. The summed E-state index contributed by atoms with van der Waals surface area (Å²) in [5.74, 6) is -1.13. The molecule has 4 nitrogen and oxygen atoms in total. The van der Waals surface area contributed by atoms with Gasteiger partial charge in [0.2, 0.25) is 7.37 Å². The van der Waals surface area contributed by atoms with Gasteiger partial charge in [-0.2, -0.15) is 0 Å². The summed E-state index contributed by atoms with van der Waals surface area (Å²) < 4.78 is 10.9. The lowest BCUT2D eigenvalue weighted by Crippen LogP contribution is -2.08. The zero-order valence-electron chi connectivity index (χ0n) is 6.03. The van der Waals surface area contributed by atoms with Gasteiger partial charge in [0.25, 0.3) is 0 Å². The molecule has 4 N–H and O–H groups in total. The summed E-state index contributed by atoms with van der Waals surface area (Å²) >= 11 is 0. The van der Waals surface area contributed by atoms with E-state index in [0.717, 1.165) is 0 Å². The number of rotatable bonds is 4. The van der Waals surface area contributed by atoms with Crippen molar-refractivity contribution >= 4 is 7.37 Å². The molecular weight excluding hydrogens is 153 g/mol. The summed E-state index contributed by atoms with van der Waals surface area (Å²) in [6.07, 6.45) is 0.597. The Bertz CT molecular complexity index is 137. The molecule has 0 aromatic carbocycles. The van der Waals surface area contributed by atoms with Crippen molar-refractivity contribution in [3.05, 3.63) is 0 Å². The predicted octanol–water partition coefficient (Wildman–Crippen LogP) is -0.0561. The van der Waals surface area contributed by atoms with Crippen LogP contribution in [0.25, 0.3) is 0 Å².